The van der Waals surface area contributed by atoms with E-state index in [1.54, 1.807) is 14.2 Å². The number of aliphatic hydroxyl groups is 1. The number of nitrogens with zero attached hydrogens (tertiary/aromatic N) is 2. The molecule has 0 saturated carbocycles. The summed E-state index contributed by atoms with van der Waals surface area (Å²) < 4.78 is 28.2. The van der Waals surface area contributed by atoms with E-state index >= 15 is 0 Å². The third kappa shape index (κ3) is 17.3. The van der Waals surface area contributed by atoms with Crippen molar-refractivity contribution in [3.8, 4) is 11.5 Å². The van der Waals surface area contributed by atoms with Crippen molar-refractivity contribution < 1.29 is 41.9 Å². The van der Waals surface area contributed by atoms with Crippen molar-refractivity contribution in [2.45, 2.75) is 113 Å². The van der Waals surface area contributed by atoms with Crippen molar-refractivity contribution in [3.63, 3.8) is 0 Å². The van der Waals surface area contributed by atoms with E-state index in [9.17, 15) is 9.90 Å². The fraction of sp³-hybridized carbons (Fsp3) is 0.442. The molecule has 0 fully saturated rings. The molecule has 0 saturated heterocycles. The first-order valence-corrected chi connectivity index (χ1v) is 22.8. The first-order chi connectivity index (χ1) is 29.5. The Kier molecular flexibility index (Phi) is 25.4. The molecule has 0 aliphatic heterocycles. The fourth-order valence-corrected chi connectivity index (χ4v) is 6.98. The quantitative estimate of drug-likeness (QED) is 0.0474. The molecule has 0 amide bonds. The summed E-state index contributed by atoms with van der Waals surface area (Å²) in [5, 5.41) is 9.45. The van der Waals surface area contributed by atoms with Gasteiger partial charge in [0.05, 0.1) is 20.8 Å². The van der Waals surface area contributed by atoms with Crippen LogP contribution in [0.5, 0.6) is 11.5 Å². The summed E-state index contributed by atoms with van der Waals surface area (Å²) in [6.45, 7) is 21.5. The van der Waals surface area contributed by atoms with Crippen LogP contribution in [-0.4, -0.2) is 51.8 Å². The third-order valence-electron chi connectivity index (χ3n) is 10.9. The van der Waals surface area contributed by atoms with Gasteiger partial charge in [-0.2, -0.15) is 0 Å². The average Bonchev–Trinajstić information content (AvgIpc) is 3.27. The molecule has 4 aromatic rings. The summed E-state index contributed by atoms with van der Waals surface area (Å²) in [7, 11) is 3.47. The van der Waals surface area contributed by atoms with Crippen LogP contribution in [0, 0.1) is 27.7 Å². The zero-order valence-electron chi connectivity index (χ0n) is 38.6. The molecule has 61 heavy (non-hydrogen) atoms. The van der Waals surface area contributed by atoms with Gasteiger partial charge in [0.2, 0.25) is 0 Å². The number of aliphatic hydroxyl groups excluding tert-OH is 1. The van der Waals surface area contributed by atoms with Crippen molar-refractivity contribution >= 4 is 42.0 Å². The number of ether oxygens (including phenoxy) is 2. The summed E-state index contributed by atoms with van der Waals surface area (Å²) in [6.07, 6.45) is 19.0. The van der Waals surface area contributed by atoms with Gasteiger partial charge in [-0.15, -0.1) is 0 Å². The SMILES string of the molecule is CCCCN(CCCC)c1ccc(C=Cc2cc(C)c(C=O)cc2C)c(OC)c1.CCCCN(CCCC)c1ccc(C=Cc2cc(C)c(CO)cc2C)c(OC)c1.[O]=[Mn]=[O]. The molecule has 0 spiro atoms. The summed E-state index contributed by atoms with van der Waals surface area (Å²) in [5.41, 5.74) is 13.0. The third-order valence-corrected chi connectivity index (χ3v) is 10.9. The van der Waals surface area contributed by atoms with Crippen LogP contribution in [0.25, 0.3) is 24.3 Å². The molecule has 0 radical (unpaired) electrons. The van der Waals surface area contributed by atoms with Crippen molar-refractivity contribution in [3.05, 3.63) is 116 Å². The second-order valence-electron chi connectivity index (χ2n) is 15.4. The van der Waals surface area contributed by atoms with Crippen LogP contribution in [0.1, 0.15) is 139 Å². The Balaban J connectivity index is 0.000000395. The average molecular weight is 876 g/mol. The van der Waals surface area contributed by atoms with E-state index < -0.39 is 14.8 Å². The van der Waals surface area contributed by atoms with Crippen LogP contribution in [0.2, 0.25) is 0 Å². The van der Waals surface area contributed by atoms with Gasteiger partial charge in [0.25, 0.3) is 0 Å². The fourth-order valence-electron chi connectivity index (χ4n) is 6.98. The Hall–Kier alpha value is -4.69. The molecular formula is C52H72MnN2O6. The van der Waals surface area contributed by atoms with Gasteiger partial charge >= 0.3 is 22.5 Å². The Morgan fingerprint density at radius 2 is 0.869 bits per heavy atom. The molecule has 0 aliphatic rings. The van der Waals surface area contributed by atoms with Crippen molar-refractivity contribution in [2.24, 2.45) is 0 Å². The summed E-state index contributed by atoms with van der Waals surface area (Å²) in [5.74, 6) is 1.79. The Morgan fingerprint density at radius 1 is 0.525 bits per heavy atom. The second kappa shape index (κ2) is 29.5. The molecule has 8 nitrogen and oxygen atoms in total. The zero-order chi connectivity index (χ0) is 45.2. The molecule has 4 rings (SSSR count). The number of methoxy groups -OCH3 is 2. The van der Waals surface area contributed by atoms with Gasteiger partial charge in [-0.25, -0.2) is 0 Å². The van der Waals surface area contributed by atoms with Crippen molar-refractivity contribution in [2.75, 3.05) is 50.2 Å². The van der Waals surface area contributed by atoms with Crippen LogP contribution in [0.4, 0.5) is 11.4 Å². The number of hydrogen-bond donors (Lipinski definition) is 1. The molecule has 1 N–H and O–H groups in total. The van der Waals surface area contributed by atoms with Gasteiger partial charge < -0.3 is 24.4 Å². The van der Waals surface area contributed by atoms with E-state index in [0.717, 1.165) is 94.0 Å². The summed E-state index contributed by atoms with van der Waals surface area (Å²) in [6, 6.07) is 21.2. The Morgan fingerprint density at radius 3 is 1.23 bits per heavy atom. The van der Waals surface area contributed by atoms with Crippen molar-refractivity contribution in [1.29, 1.82) is 0 Å². The molecule has 9 heteroatoms. The number of rotatable bonds is 22. The number of unbranched alkanes of at least 4 members (excludes halogenated alkanes) is 4. The van der Waals surface area contributed by atoms with Crippen molar-refractivity contribution in [1.82, 2.24) is 0 Å². The zero-order valence-corrected chi connectivity index (χ0v) is 39.8. The molecule has 0 atom stereocenters. The van der Waals surface area contributed by atoms with Crippen LogP contribution in [0.15, 0.2) is 60.7 Å². The van der Waals surface area contributed by atoms with Gasteiger partial charge in [0.15, 0.2) is 0 Å². The molecule has 0 heterocycles. The number of anilines is 2. The van der Waals surface area contributed by atoms with Crippen LogP contribution in [0.3, 0.4) is 0 Å². The van der Waals surface area contributed by atoms with E-state index in [0.29, 0.717) is 0 Å². The topological polar surface area (TPSA) is 96.4 Å². The first-order valence-electron chi connectivity index (χ1n) is 21.9. The number of aldehydes is 1. The number of carbonyl (C=O) groups is 1. The second-order valence-corrected chi connectivity index (χ2v) is 15.6. The maximum atomic E-state index is 11.1. The standard InChI is InChI=1S/C26H37NO2.C26H35NO2.Mn.2O/c2*1-6-8-14-27(15-9-7-2)25-13-12-22(26(18-25)29-5)10-11-23-16-21(4)24(19-28)17-20(23)3;;;/h10-13,16-18,28H,6-9,14-15,19H2,1-5H3;10-13,16-19H,6-9,14-15H2,1-5H3;;;. The predicted octanol–water partition coefficient (Wildman–Crippen LogP) is 12.8. The number of benzene rings is 4. The van der Waals surface area contributed by atoms with E-state index in [1.165, 1.54) is 68.3 Å². The normalized spacial score (nSPS) is 10.8. The van der Waals surface area contributed by atoms with Gasteiger partial charge in [0, 0.05) is 66.4 Å². The van der Waals surface area contributed by atoms with Crippen LogP contribution in [-0.2, 0) is 29.1 Å². The molecule has 0 bridgehead atoms. The number of hydrogen-bond acceptors (Lipinski definition) is 8. The Labute approximate surface area is 373 Å². The predicted molar refractivity (Wildman–Crippen MR) is 252 cm³/mol. The molecule has 0 aromatic heterocycles. The summed E-state index contributed by atoms with van der Waals surface area (Å²) in [4.78, 5) is 16.1. The van der Waals surface area contributed by atoms with Gasteiger partial charge in [0.1, 0.15) is 17.8 Å². The molecule has 4 aromatic carbocycles. The van der Waals surface area contributed by atoms with Crippen LogP contribution < -0.4 is 19.3 Å². The Bertz CT molecular complexity index is 2020. The molecule has 0 aliphatic carbocycles. The molecule has 0 unspecified atom stereocenters. The van der Waals surface area contributed by atoms with Gasteiger partial charge in [-0.3, -0.25) is 4.79 Å². The number of carbonyl (C=O) groups excluding carboxylic acids is 1. The van der Waals surface area contributed by atoms with E-state index in [-0.39, 0.29) is 6.61 Å². The number of aryl methyl sites for hydroxylation is 4. The molecular weight excluding hydrogens is 804 g/mol. The minimum absolute atomic E-state index is 0.0819. The minimum atomic E-state index is -1.44. The summed E-state index contributed by atoms with van der Waals surface area (Å²) >= 11 is -1.44. The molecule has 333 valence electrons. The first kappa shape index (κ1) is 52.4. The van der Waals surface area contributed by atoms with Gasteiger partial charge in [-0.1, -0.05) is 95.9 Å². The monoisotopic (exact) mass is 875 g/mol. The van der Waals surface area contributed by atoms with E-state index in [1.807, 2.05) is 26.8 Å². The van der Waals surface area contributed by atoms with E-state index in [2.05, 4.69) is 123 Å². The maximum absolute atomic E-state index is 11.1. The van der Waals surface area contributed by atoms with E-state index in [4.69, 9.17) is 17.1 Å². The van der Waals surface area contributed by atoms with Crippen LogP contribution >= 0.6 is 0 Å². The van der Waals surface area contributed by atoms with Gasteiger partial charge in [-0.05, 0) is 123 Å².